The van der Waals surface area contributed by atoms with E-state index >= 15 is 0 Å². The van der Waals surface area contributed by atoms with Gasteiger partial charge in [-0.25, -0.2) is 0 Å². The highest BCUT2D eigenvalue weighted by Crippen LogP contribution is 2.04. The van der Waals surface area contributed by atoms with E-state index in [9.17, 15) is 0 Å². The average molecular weight is 190 g/mol. The summed E-state index contributed by atoms with van der Waals surface area (Å²) in [6.45, 7) is 2.57. The quantitative estimate of drug-likeness (QED) is 0.749. The molecule has 3 heteroatoms. The Bertz CT molecular complexity index is 313. The van der Waals surface area contributed by atoms with Crippen molar-refractivity contribution in [3.05, 3.63) is 35.4 Å². The summed E-state index contributed by atoms with van der Waals surface area (Å²) in [5.41, 5.74) is 2.02. The van der Waals surface area contributed by atoms with Crippen LogP contribution in [0.15, 0.2) is 24.3 Å². The van der Waals surface area contributed by atoms with Crippen molar-refractivity contribution in [1.82, 2.24) is 5.32 Å². The number of benzene rings is 1. The molecule has 74 valence electrons. The van der Waals surface area contributed by atoms with E-state index in [4.69, 9.17) is 10.4 Å². The smallest absolute Gasteiger partial charge is 0.0927 e. The molecule has 1 unspecified atom stereocenters. The van der Waals surface area contributed by atoms with E-state index in [-0.39, 0.29) is 12.6 Å². The molecule has 0 fully saturated rings. The van der Waals surface area contributed by atoms with Crippen molar-refractivity contribution in [1.29, 1.82) is 5.26 Å². The Kier molecular flexibility index (Phi) is 4.11. The normalized spacial score (nSPS) is 12.1. The van der Waals surface area contributed by atoms with Gasteiger partial charge in [0.1, 0.15) is 0 Å². The lowest BCUT2D eigenvalue weighted by atomic mass is 10.1. The van der Waals surface area contributed by atoms with Gasteiger partial charge in [-0.1, -0.05) is 24.3 Å². The first-order chi connectivity index (χ1) is 6.76. The van der Waals surface area contributed by atoms with Gasteiger partial charge in [-0.15, -0.1) is 0 Å². The summed E-state index contributed by atoms with van der Waals surface area (Å²) in [5.74, 6) is 0. The Morgan fingerprint density at radius 1 is 1.36 bits per heavy atom. The third-order valence-electron chi connectivity index (χ3n) is 2.01. The van der Waals surface area contributed by atoms with Gasteiger partial charge in [-0.2, -0.15) is 5.26 Å². The molecule has 0 aromatic heterocycles. The first-order valence-electron chi connectivity index (χ1n) is 4.58. The van der Waals surface area contributed by atoms with E-state index < -0.39 is 0 Å². The van der Waals surface area contributed by atoms with E-state index in [0.717, 1.165) is 11.1 Å². The minimum absolute atomic E-state index is 0.0717. The molecule has 1 rings (SSSR count). The molecule has 0 saturated carbocycles. The van der Waals surface area contributed by atoms with E-state index in [1.807, 2.05) is 31.2 Å². The number of nitrogens with one attached hydrogen (secondary N) is 1. The lowest BCUT2D eigenvalue weighted by Crippen LogP contribution is -2.23. The van der Waals surface area contributed by atoms with Crippen LogP contribution < -0.4 is 5.32 Å². The number of aliphatic hydroxyl groups is 1. The summed E-state index contributed by atoms with van der Waals surface area (Å²) in [7, 11) is 0. The lowest BCUT2D eigenvalue weighted by Gasteiger charge is -2.06. The molecule has 0 spiro atoms. The molecule has 3 nitrogen and oxygen atoms in total. The zero-order valence-electron chi connectivity index (χ0n) is 8.20. The van der Waals surface area contributed by atoms with E-state index in [2.05, 4.69) is 11.4 Å². The second-order valence-corrected chi connectivity index (χ2v) is 3.21. The van der Waals surface area contributed by atoms with Gasteiger partial charge in [0.15, 0.2) is 0 Å². The van der Waals surface area contributed by atoms with Crippen LogP contribution in [-0.2, 0) is 13.2 Å². The minimum atomic E-state index is -0.132. The van der Waals surface area contributed by atoms with Gasteiger partial charge in [-0.05, 0) is 18.1 Å². The van der Waals surface area contributed by atoms with Crippen molar-refractivity contribution < 1.29 is 5.11 Å². The van der Waals surface area contributed by atoms with Gasteiger partial charge in [0.05, 0.1) is 18.7 Å². The molecule has 14 heavy (non-hydrogen) atoms. The molecule has 0 bridgehead atoms. The molecule has 1 aromatic carbocycles. The highest BCUT2D eigenvalue weighted by Gasteiger charge is 1.98. The Balaban J connectivity index is 2.48. The van der Waals surface area contributed by atoms with Gasteiger partial charge in [0.2, 0.25) is 0 Å². The summed E-state index contributed by atoms with van der Waals surface area (Å²) >= 11 is 0. The lowest BCUT2D eigenvalue weighted by molar-refractivity contribution is 0.282. The Labute approximate surface area is 84.0 Å². The first kappa shape index (κ1) is 10.7. The number of aliphatic hydroxyl groups excluding tert-OH is 1. The minimum Gasteiger partial charge on any atom is -0.392 e. The van der Waals surface area contributed by atoms with Crippen LogP contribution in [-0.4, -0.2) is 11.1 Å². The maximum Gasteiger partial charge on any atom is 0.0927 e. The molecule has 0 radical (unpaired) electrons. The van der Waals surface area contributed by atoms with Crippen molar-refractivity contribution >= 4 is 0 Å². The molecule has 1 aromatic rings. The predicted molar refractivity (Wildman–Crippen MR) is 54.3 cm³/mol. The molecule has 0 saturated heterocycles. The Morgan fingerprint density at radius 2 is 1.93 bits per heavy atom. The second-order valence-electron chi connectivity index (χ2n) is 3.21. The van der Waals surface area contributed by atoms with Gasteiger partial charge in [0, 0.05) is 6.54 Å². The topological polar surface area (TPSA) is 56.0 Å². The summed E-state index contributed by atoms with van der Waals surface area (Å²) < 4.78 is 0. The molecule has 0 amide bonds. The number of hydrogen-bond donors (Lipinski definition) is 2. The van der Waals surface area contributed by atoms with E-state index in [1.165, 1.54) is 0 Å². The third kappa shape index (κ3) is 3.17. The zero-order valence-corrected chi connectivity index (χ0v) is 8.20. The van der Waals surface area contributed by atoms with Crippen LogP contribution in [0, 0.1) is 11.3 Å². The maximum absolute atomic E-state index is 8.83. The van der Waals surface area contributed by atoms with Crippen LogP contribution in [0.2, 0.25) is 0 Å². The summed E-state index contributed by atoms with van der Waals surface area (Å²) in [6.07, 6.45) is 0. The van der Waals surface area contributed by atoms with Gasteiger partial charge < -0.3 is 5.11 Å². The highest BCUT2D eigenvalue weighted by molar-refractivity contribution is 5.21. The standard InChI is InChI=1S/C11H14N2O/c1-9(6-12)13-7-10-2-4-11(8-14)5-3-10/h2-5,9,13-14H,7-8H2,1H3. The average Bonchev–Trinajstić information content (AvgIpc) is 2.26. The largest absolute Gasteiger partial charge is 0.392 e. The second kappa shape index (κ2) is 5.38. The molecule has 0 aliphatic rings. The van der Waals surface area contributed by atoms with Crippen molar-refractivity contribution in [2.75, 3.05) is 0 Å². The van der Waals surface area contributed by atoms with Crippen LogP contribution in [0.1, 0.15) is 18.1 Å². The SMILES string of the molecule is CC(C#N)NCc1ccc(CO)cc1. The van der Waals surface area contributed by atoms with Crippen molar-refractivity contribution in [3.63, 3.8) is 0 Å². The number of nitriles is 1. The molecule has 0 heterocycles. The molecular weight excluding hydrogens is 176 g/mol. The van der Waals surface area contributed by atoms with Crippen LogP contribution in [0.4, 0.5) is 0 Å². The number of nitrogens with zero attached hydrogens (tertiary/aromatic N) is 1. The molecular formula is C11H14N2O. The molecule has 0 aliphatic carbocycles. The maximum atomic E-state index is 8.83. The van der Waals surface area contributed by atoms with Crippen molar-refractivity contribution in [2.24, 2.45) is 0 Å². The Morgan fingerprint density at radius 3 is 2.43 bits per heavy atom. The van der Waals surface area contributed by atoms with Crippen LogP contribution >= 0.6 is 0 Å². The van der Waals surface area contributed by atoms with Gasteiger partial charge in [0.25, 0.3) is 0 Å². The van der Waals surface area contributed by atoms with Crippen molar-refractivity contribution in [2.45, 2.75) is 26.1 Å². The molecule has 1 atom stereocenters. The summed E-state index contributed by atoms with van der Waals surface area (Å²) in [5, 5.41) is 20.4. The third-order valence-corrected chi connectivity index (χ3v) is 2.01. The van der Waals surface area contributed by atoms with Crippen LogP contribution in [0.5, 0.6) is 0 Å². The van der Waals surface area contributed by atoms with Crippen LogP contribution in [0.25, 0.3) is 0 Å². The van der Waals surface area contributed by atoms with Crippen molar-refractivity contribution in [3.8, 4) is 6.07 Å². The Hall–Kier alpha value is -1.37. The number of hydrogen-bond acceptors (Lipinski definition) is 3. The number of rotatable bonds is 4. The predicted octanol–water partition coefficient (Wildman–Crippen LogP) is 1.18. The summed E-state index contributed by atoms with van der Waals surface area (Å²) in [4.78, 5) is 0. The van der Waals surface area contributed by atoms with E-state index in [1.54, 1.807) is 0 Å². The van der Waals surface area contributed by atoms with Crippen LogP contribution in [0.3, 0.4) is 0 Å². The van der Waals surface area contributed by atoms with E-state index in [0.29, 0.717) is 6.54 Å². The fourth-order valence-electron chi connectivity index (χ4n) is 1.08. The zero-order chi connectivity index (χ0) is 10.4. The van der Waals surface area contributed by atoms with Gasteiger partial charge >= 0.3 is 0 Å². The van der Waals surface area contributed by atoms with Gasteiger partial charge in [-0.3, -0.25) is 5.32 Å². The highest BCUT2D eigenvalue weighted by atomic mass is 16.3. The molecule has 2 N–H and O–H groups in total. The fraction of sp³-hybridized carbons (Fsp3) is 0.364. The monoisotopic (exact) mass is 190 g/mol. The fourth-order valence-corrected chi connectivity index (χ4v) is 1.08. The molecule has 0 aliphatic heterocycles. The first-order valence-corrected chi connectivity index (χ1v) is 4.58. The summed E-state index contributed by atoms with van der Waals surface area (Å²) in [6, 6.07) is 9.63.